The van der Waals surface area contributed by atoms with Gasteiger partial charge in [-0.2, -0.15) is 5.10 Å². The molecule has 0 N–H and O–H groups in total. The molecule has 0 aliphatic carbocycles. The SMILES string of the molecule is Cc1cc(-c2ccn(C3CCCCO3)n2)ccc1F. The Bertz CT molecular complexity index is 573. The molecule has 19 heavy (non-hydrogen) atoms. The normalized spacial score (nSPS) is 19.6. The number of rotatable bonds is 2. The summed E-state index contributed by atoms with van der Waals surface area (Å²) >= 11 is 0. The van der Waals surface area contributed by atoms with Crippen LogP contribution in [-0.4, -0.2) is 16.4 Å². The highest BCUT2D eigenvalue weighted by molar-refractivity contribution is 5.59. The lowest BCUT2D eigenvalue weighted by Gasteiger charge is -2.22. The van der Waals surface area contributed by atoms with Gasteiger partial charge in [-0.15, -0.1) is 0 Å². The van der Waals surface area contributed by atoms with Gasteiger partial charge in [0.1, 0.15) is 12.0 Å². The van der Waals surface area contributed by atoms with Crippen LogP contribution in [0.25, 0.3) is 11.3 Å². The van der Waals surface area contributed by atoms with Crippen molar-refractivity contribution in [3.63, 3.8) is 0 Å². The minimum absolute atomic E-state index is 0.0454. The molecule has 1 atom stereocenters. The molecule has 0 radical (unpaired) electrons. The van der Waals surface area contributed by atoms with Gasteiger partial charge in [0.2, 0.25) is 0 Å². The molecule has 3 rings (SSSR count). The zero-order valence-electron chi connectivity index (χ0n) is 11.0. The number of aromatic nitrogens is 2. The second-order valence-electron chi connectivity index (χ2n) is 4.97. The van der Waals surface area contributed by atoms with Crippen molar-refractivity contribution in [1.29, 1.82) is 0 Å². The van der Waals surface area contributed by atoms with Gasteiger partial charge in [0.05, 0.1) is 5.69 Å². The maximum Gasteiger partial charge on any atom is 0.150 e. The van der Waals surface area contributed by atoms with Crippen molar-refractivity contribution < 1.29 is 9.13 Å². The molecule has 3 nitrogen and oxygen atoms in total. The quantitative estimate of drug-likeness (QED) is 0.823. The largest absolute Gasteiger partial charge is 0.357 e. The lowest BCUT2D eigenvalue weighted by atomic mass is 10.1. The maximum absolute atomic E-state index is 13.3. The van der Waals surface area contributed by atoms with E-state index in [-0.39, 0.29) is 12.0 Å². The summed E-state index contributed by atoms with van der Waals surface area (Å²) in [5.41, 5.74) is 2.44. The van der Waals surface area contributed by atoms with E-state index >= 15 is 0 Å². The number of hydrogen-bond acceptors (Lipinski definition) is 2. The third kappa shape index (κ3) is 2.54. The summed E-state index contributed by atoms with van der Waals surface area (Å²) in [7, 11) is 0. The number of benzene rings is 1. The minimum Gasteiger partial charge on any atom is -0.357 e. The second kappa shape index (κ2) is 5.13. The molecule has 0 amide bonds. The van der Waals surface area contributed by atoms with E-state index in [9.17, 15) is 4.39 Å². The van der Waals surface area contributed by atoms with Gasteiger partial charge in [0.15, 0.2) is 0 Å². The van der Waals surface area contributed by atoms with Crippen molar-refractivity contribution in [2.45, 2.75) is 32.4 Å². The molecule has 1 saturated heterocycles. The topological polar surface area (TPSA) is 27.1 Å². The number of aryl methyl sites for hydroxylation is 1. The van der Waals surface area contributed by atoms with Crippen LogP contribution in [0.3, 0.4) is 0 Å². The van der Waals surface area contributed by atoms with E-state index < -0.39 is 0 Å². The summed E-state index contributed by atoms with van der Waals surface area (Å²) in [4.78, 5) is 0. The molecular formula is C15H17FN2O. The fraction of sp³-hybridized carbons (Fsp3) is 0.400. The fourth-order valence-electron chi connectivity index (χ4n) is 2.39. The molecule has 0 bridgehead atoms. The molecule has 0 spiro atoms. The van der Waals surface area contributed by atoms with Crippen LogP contribution in [0.2, 0.25) is 0 Å². The van der Waals surface area contributed by atoms with Crippen LogP contribution in [0.1, 0.15) is 31.1 Å². The van der Waals surface area contributed by atoms with Crippen LogP contribution in [-0.2, 0) is 4.74 Å². The van der Waals surface area contributed by atoms with Crippen LogP contribution in [0.15, 0.2) is 30.5 Å². The fourth-order valence-corrected chi connectivity index (χ4v) is 2.39. The standard InChI is InChI=1S/C15H17FN2O/c1-11-10-12(5-6-13(11)16)14-7-8-18(17-14)15-4-2-3-9-19-15/h5-8,10,15H,2-4,9H2,1H3. The lowest BCUT2D eigenvalue weighted by molar-refractivity contribution is -0.0393. The van der Waals surface area contributed by atoms with E-state index in [0.29, 0.717) is 5.56 Å². The molecule has 100 valence electrons. The number of ether oxygens (including phenoxy) is 1. The van der Waals surface area contributed by atoms with E-state index in [1.54, 1.807) is 13.0 Å². The van der Waals surface area contributed by atoms with Gasteiger partial charge in [0, 0.05) is 18.4 Å². The maximum atomic E-state index is 13.3. The molecule has 4 heteroatoms. The summed E-state index contributed by atoms with van der Waals surface area (Å²) in [6.45, 7) is 2.57. The smallest absolute Gasteiger partial charge is 0.150 e. The average Bonchev–Trinajstić information content (AvgIpc) is 2.93. The third-order valence-electron chi connectivity index (χ3n) is 3.51. The first kappa shape index (κ1) is 12.4. The number of halogens is 1. The van der Waals surface area contributed by atoms with E-state index in [0.717, 1.165) is 30.7 Å². The highest BCUT2D eigenvalue weighted by Gasteiger charge is 2.16. The van der Waals surface area contributed by atoms with Gasteiger partial charge in [-0.25, -0.2) is 9.07 Å². The van der Waals surface area contributed by atoms with E-state index in [2.05, 4.69) is 5.10 Å². The van der Waals surface area contributed by atoms with Crippen LogP contribution in [0.5, 0.6) is 0 Å². The summed E-state index contributed by atoms with van der Waals surface area (Å²) in [6, 6.07) is 7.02. The van der Waals surface area contributed by atoms with Crippen LogP contribution < -0.4 is 0 Å². The Labute approximate surface area is 112 Å². The Hall–Kier alpha value is -1.68. The molecule has 1 fully saturated rings. The highest BCUT2D eigenvalue weighted by atomic mass is 19.1. The monoisotopic (exact) mass is 260 g/mol. The summed E-state index contributed by atoms with van der Waals surface area (Å²) in [5, 5.41) is 4.54. The third-order valence-corrected chi connectivity index (χ3v) is 3.51. The Morgan fingerprint density at radius 2 is 2.21 bits per heavy atom. The average molecular weight is 260 g/mol. The first-order chi connectivity index (χ1) is 9.24. The molecule has 1 aromatic carbocycles. The van der Waals surface area contributed by atoms with E-state index in [1.165, 1.54) is 12.5 Å². The Balaban J connectivity index is 1.85. The van der Waals surface area contributed by atoms with Gasteiger partial charge in [0.25, 0.3) is 0 Å². The number of nitrogens with zero attached hydrogens (tertiary/aromatic N) is 2. The lowest BCUT2D eigenvalue weighted by Crippen LogP contribution is -2.18. The predicted molar refractivity (Wildman–Crippen MR) is 71.2 cm³/mol. The van der Waals surface area contributed by atoms with Crippen LogP contribution in [0.4, 0.5) is 4.39 Å². The highest BCUT2D eigenvalue weighted by Crippen LogP contribution is 2.25. The van der Waals surface area contributed by atoms with Gasteiger partial charge >= 0.3 is 0 Å². The van der Waals surface area contributed by atoms with Crippen LogP contribution in [0, 0.1) is 12.7 Å². The molecule has 2 heterocycles. The second-order valence-corrected chi connectivity index (χ2v) is 4.97. The summed E-state index contributed by atoms with van der Waals surface area (Å²) < 4.78 is 20.8. The van der Waals surface area contributed by atoms with E-state index in [4.69, 9.17) is 4.74 Å². The zero-order valence-corrected chi connectivity index (χ0v) is 11.0. The van der Waals surface area contributed by atoms with Gasteiger partial charge in [-0.05, 0) is 56.0 Å². The molecular weight excluding hydrogens is 243 g/mol. The molecule has 0 saturated carbocycles. The Morgan fingerprint density at radius 3 is 2.95 bits per heavy atom. The Kier molecular flexibility index (Phi) is 3.34. The van der Waals surface area contributed by atoms with Gasteiger partial charge < -0.3 is 4.74 Å². The first-order valence-corrected chi connectivity index (χ1v) is 6.67. The molecule has 2 aromatic rings. The van der Waals surface area contributed by atoms with Gasteiger partial charge in [-0.1, -0.05) is 0 Å². The predicted octanol–water partition coefficient (Wildman–Crippen LogP) is 3.70. The summed E-state index contributed by atoms with van der Waals surface area (Å²) in [5.74, 6) is -0.182. The number of hydrogen-bond donors (Lipinski definition) is 0. The minimum atomic E-state index is -0.182. The van der Waals surface area contributed by atoms with Crippen LogP contribution >= 0.6 is 0 Å². The first-order valence-electron chi connectivity index (χ1n) is 6.67. The van der Waals surface area contributed by atoms with Crippen molar-refractivity contribution >= 4 is 0 Å². The van der Waals surface area contributed by atoms with Crippen molar-refractivity contribution in [2.24, 2.45) is 0 Å². The molecule has 1 unspecified atom stereocenters. The summed E-state index contributed by atoms with van der Waals surface area (Å²) in [6.07, 6.45) is 5.29. The van der Waals surface area contributed by atoms with Gasteiger partial charge in [-0.3, -0.25) is 0 Å². The molecule has 1 aromatic heterocycles. The van der Waals surface area contributed by atoms with Crippen molar-refractivity contribution in [3.05, 3.63) is 41.8 Å². The zero-order chi connectivity index (χ0) is 13.2. The van der Waals surface area contributed by atoms with Crippen molar-refractivity contribution in [1.82, 2.24) is 9.78 Å². The Morgan fingerprint density at radius 1 is 1.32 bits per heavy atom. The van der Waals surface area contributed by atoms with Crippen molar-refractivity contribution in [2.75, 3.05) is 6.61 Å². The van der Waals surface area contributed by atoms with E-state index in [1.807, 2.05) is 23.0 Å². The molecule has 1 aliphatic heterocycles. The van der Waals surface area contributed by atoms with Crippen molar-refractivity contribution in [3.8, 4) is 11.3 Å². The molecule has 1 aliphatic rings.